The Kier molecular flexibility index (Phi) is 7.19. The summed E-state index contributed by atoms with van der Waals surface area (Å²) in [6.07, 6.45) is 0.893. The van der Waals surface area contributed by atoms with Gasteiger partial charge in [-0.3, -0.25) is 14.5 Å². The number of benzene rings is 1. The lowest BCUT2D eigenvalue weighted by Gasteiger charge is -2.16. The number of anilines is 1. The summed E-state index contributed by atoms with van der Waals surface area (Å²) >= 11 is 5.91. The lowest BCUT2D eigenvalue weighted by Crippen LogP contribution is -2.39. The predicted molar refractivity (Wildman–Crippen MR) is 85.6 cm³/mol. The second-order valence-corrected chi connectivity index (χ2v) is 5.47. The summed E-state index contributed by atoms with van der Waals surface area (Å²) in [4.78, 5) is 25.2. The molecule has 0 atom stereocenters. The summed E-state index contributed by atoms with van der Waals surface area (Å²) in [6, 6.07) is 5.33. The zero-order valence-corrected chi connectivity index (χ0v) is 13.5. The molecular formula is C15H22ClN3O2. The molecule has 6 heteroatoms. The van der Waals surface area contributed by atoms with E-state index in [1.54, 1.807) is 24.1 Å². The van der Waals surface area contributed by atoms with Gasteiger partial charge >= 0.3 is 0 Å². The van der Waals surface area contributed by atoms with Crippen molar-refractivity contribution in [1.82, 2.24) is 10.2 Å². The largest absolute Gasteiger partial charge is 0.355 e. The molecule has 0 aliphatic heterocycles. The molecule has 1 aromatic rings. The van der Waals surface area contributed by atoms with Crippen LogP contribution >= 0.6 is 11.6 Å². The van der Waals surface area contributed by atoms with Crippen LogP contribution in [0, 0.1) is 6.92 Å². The van der Waals surface area contributed by atoms with Gasteiger partial charge in [0.05, 0.1) is 13.1 Å². The average Bonchev–Trinajstić information content (AvgIpc) is 2.40. The van der Waals surface area contributed by atoms with Gasteiger partial charge in [0.15, 0.2) is 0 Å². The summed E-state index contributed by atoms with van der Waals surface area (Å²) in [5.41, 5.74) is 1.63. The van der Waals surface area contributed by atoms with Crippen molar-refractivity contribution in [3.8, 4) is 0 Å². The third kappa shape index (κ3) is 6.60. The molecule has 116 valence electrons. The fourth-order valence-electron chi connectivity index (χ4n) is 1.79. The van der Waals surface area contributed by atoms with Crippen molar-refractivity contribution < 1.29 is 9.59 Å². The summed E-state index contributed by atoms with van der Waals surface area (Å²) in [6.45, 7) is 4.88. The summed E-state index contributed by atoms with van der Waals surface area (Å²) in [5.74, 6) is -0.253. The molecule has 2 amide bonds. The van der Waals surface area contributed by atoms with Gasteiger partial charge in [-0.1, -0.05) is 24.6 Å². The SMILES string of the molecule is CCCNC(=O)CN(C)CC(=O)Nc1cc(Cl)ccc1C. The van der Waals surface area contributed by atoms with Crippen LogP contribution in [0.3, 0.4) is 0 Å². The molecule has 0 radical (unpaired) electrons. The van der Waals surface area contributed by atoms with Crippen LogP contribution < -0.4 is 10.6 Å². The Morgan fingerprint density at radius 1 is 1.24 bits per heavy atom. The molecule has 0 bridgehead atoms. The Morgan fingerprint density at radius 3 is 2.57 bits per heavy atom. The van der Waals surface area contributed by atoms with E-state index in [0.29, 0.717) is 17.3 Å². The zero-order chi connectivity index (χ0) is 15.8. The first-order chi connectivity index (χ1) is 9.92. The van der Waals surface area contributed by atoms with Crippen LogP contribution in [-0.2, 0) is 9.59 Å². The standard InChI is InChI=1S/C15H22ClN3O2/c1-4-7-17-14(20)9-19(3)10-15(21)18-13-8-12(16)6-5-11(13)2/h5-6,8H,4,7,9-10H2,1-3H3,(H,17,20)(H,18,21). The van der Waals surface area contributed by atoms with Gasteiger partial charge in [-0.2, -0.15) is 0 Å². The number of amides is 2. The van der Waals surface area contributed by atoms with Crippen molar-refractivity contribution in [2.24, 2.45) is 0 Å². The topological polar surface area (TPSA) is 61.4 Å². The molecule has 0 aliphatic rings. The normalized spacial score (nSPS) is 10.5. The van der Waals surface area contributed by atoms with Gasteiger partial charge in [0.25, 0.3) is 0 Å². The Hall–Kier alpha value is -1.59. The number of rotatable bonds is 7. The number of halogens is 1. The van der Waals surface area contributed by atoms with Crippen LogP contribution in [-0.4, -0.2) is 43.4 Å². The third-order valence-electron chi connectivity index (χ3n) is 2.87. The molecule has 0 aliphatic carbocycles. The minimum atomic E-state index is -0.175. The Labute approximate surface area is 130 Å². The van der Waals surface area contributed by atoms with Crippen molar-refractivity contribution in [3.05, 3.63) is 28.8 Å². The third-order valence-corrected chi connectivity index (χ3v) is 3.11. The maximum atomic E-state index is 12.0. The van der Waals surface area contributed by atoms with Crippen LogP contribution in [0.4, 0.5) is 5.69 Å². The molecule has 21 heavy (non-hydrogen) atoms. The molecule has 0 heterocycles. The number of aryl methyl sites for hydroxylation is 1. The molecule has 5 nitrogen and oxygen atoms in total. The lowest BCUT2D eigenvalue weighted by atomic mass is 10.2. The smallest absolute Gasteiger partial charge is 0.238 e. The van der Waals surface area contributed by atoms with Gasteiger partial charge in [0, 0.05) is 17.3 Å². The number of hydrogen-bond acceptors (Lipinski definition) is 3. The Morgan fingerprint density at radius 2 is 1.90 bits per heavy atom. The maximum absolute atomic E-state index is 12.0. The quantitative estimate of drug-likeness (QED) is 0.810. The summed E-state index contributed by atoms with van der Waals surface area (Å²) in [7, 11) is 1.73. The Balaban J connectivity index is 2.46. The van der Waals surface area contributed by atoms with Crippen LogP contribution in [0.25, 0.3) is 0 Å². The minimum Gasteiger partial charge on any atom is -0.355 e. The van der Waals surface area contributed by atoms with Gasteiger partial charge in [0.1, 0.15) is 0 Å². The second-order valence-electron chi connectivity index (χ2n) is 5.03. The highest BCUT2D eigenvalue weighted by molar-refractivity contribution is 6.31. The van der Waals surface area contributed by atoms with E-state index in [1.807, 2.05) is 19.9 Å². The van der Waals surface area contributed by atoms with E-state index >= 15 is 0 Å². The fraction of sp³-hybridized carbons (Fsp3) is 0.467. The minimum absolute atomic E-state index is 0.0777. The highest BCUT2D eigenvalue weighted by Crippen LogP contribution is 2.19. The molecule has 1 rings (SSSR count). The zero-order valence-electron chi connectivity index (χ0n) is 12.7. The van der Waals surface area contributed by atoms with E-state index in [9.17, 15) is 9.59 Å². The van der Waals surface area contributed by atoms with Crippen molar-refractivity contribution in [2.45, 2.75) is 20.3 Å². The number of nitrogens with one attached hydrogen (secondary N) is 2. The first kappa shape index (κ1) is 17.5. The lowest BCUT2D eigenvalue weighted by molar-refractivity contribution is -0.122. The van der Waals surface area contributed by atoms with Crippen LogP contribution in [0.2, 0.25) is 5.02 Å². The number of carbonyl (C=O) groups is 2. The molecule has 0 unspecified atom stereocenters. The van der Waals surface area contributed by atoms with Crippen LogP contribution in [0.1, 0.15) is 18.9 Å². The first-order valence-corrected chi connectivity index (χ1v) is 7.31. The van der Waals surface area contributed by atoms with Gasteiger partial charge in [-0.05, 0) is 38.1 Å². The second kappa shape index (κ2) is 8.64. The molecule has 0 saturated carbocycles. The highest BCUT2D eigenvalue weighted by atomic mass is 35.5. The molecule has 0 saturated heterocycles. The molecule has 1 aromatic carbocycles. The molecule has 0 aromatic heterocycles. The Bertz CT molecular complexity index is 506. The van der Waals surface area contributed by atoms with Crippen molar-refractivity contribution >= 4 is 29.1 Å². The van der Waals surface area contributed by atoms with Crippen LogP contribution in [0.15, 0.2) is 18.2 Å². The molecule has 0 spiro atoms. The number of hydrogen-bond donors (Lipinski definition) is 2. The van der Waals surface area contributed by atoms with E-state index in [-0.39, 0.29) is 24.9 Å². The van der Waals surface area contributed by atoms with Gasteiger partial charge in [0.2, 0.25) is 11.8 Å². The monoisotopic (exact) mass is 311 g/mol. The van der Waals surface area contributed by atoms with Gasteiger partial charge in [-0.15, -0.1) is 0 Å². The van der Waals surface area contributed by atoms with Crippen molar-refractivity contribution in [2.75, 3.05) is 32.0 Å². The van der Waals surface area contributed by atoms with E-state index in [2.05, 4.69) is 10.6 Å². The molecule has 2 N–H and O–H groups in total. The van der Waals surface area contributed by atoms with Gasteiger partial charge < -0.3 is 10.6 Å². The summed E-state index contributed by atoms with van der Waals surface area (Å²) in [5, 5.41) is 6.15. The number of likely N-dealkylation sites (N-methyl/N-ethyl adjacent to an activating group) is 1. The fourth-order valence-corrected chi connectivity index (χ4v) is 1.96. The number of carbonyl (C=O) groups excluding carboxylic acids is 2. The van der Waals surface area contributed by atoms with Crippen molar-refractivity contribution in [3.63, 3.8) is 0 Å². The van der Waals surface area contributed by atoms with E-state index in [0.717, 1.165) is 12.0 Å². The van der Waals surface area contributed by atoms with E-state index in [1.165, 1.54) is 0 Å². The highest BCUT2D eigenvalue weighted by Gasteiger charge is 2.11. The van der Waals surface area contributed by atoms with E-state index < -0.39 is 0 Å². The van der Waals surface area contributed by atoms with Gasteiger partial charge in [-0.25, -0.2) is 0 Å². The molecule has 0 fully saturated rings. The van der Waals surface area contributed by atoms with E-state index in [4.69, 9.17) is 11.6 Å². The average molecular weight is 312 g/mol. The number of nitrogens with zero attached hydrogens (tertiary/aromatic N) is 1. The van der Waals surface area contributed by atoms with Crippen LogP contribution in [0.5, 0.6) is 0 Å². The summed E-state index contributed by atoms with van der Waals surface area (Å²) < 4.78 is 0. The maximum Gasteiger partial charge on any atom is 0.238 e. The predicted octanol–water partition coefficient (Wildman–Crippen LogP) is 2.04. The first-order valence-electron chi connectivity index (χ1n) is 6.93. The molecular weight excluding hydrogens is 290 g/mol. The van der Waals surface area contributed by atoms with Crippen molar-refractivity contribution in [1.29, 1.82) is 0 Å².